The van der Waals surface area contributed by atoms with E-state index in [1.54, 1.807) is 12.1 Å². The lowest BCUT2D eigenvalue weighted by Gasteiger charge is -2.55. The van der Waals surface area contributed by atoms with E-state index in [1.807, 2.05) is 12.1 Å². The molecule has 0 atom stereocenters. The van der Waals surface area contributed by atoms with Gasteiger partial charge in [0, 0.05) is 17.2 Å². The van der Waals surface area contributed by atoms with Crippen LogP contribution in [-0.4, -0.2) is 21.7 Å². The first-order valence-corrected chi connectivity index (χ1v) is 9.72. The zero-order valence-corrected chi connectivity index (χ0v) is 15.2. The average molecular weight is 360 g/mol. The molecule has 1 amide bonds. The smallest absolute Gasteiger partial charge is 0.405 e. The van der Waals surface area contributed by atoms with E-state index in [0.29, 0.717) is 6.42 Å². The van der Waals surface area contributed by atoms with Crippen LogP contribution in [0.1, 0.15) is 69.8 Å². The van der Waals surface area contributed by atoms with Gasteiger partial charge in [-0.15, -0.1) is 0 Å². The van der Waals surface area contributed by atoms with Crippen molar-refractivity contribution in [2.24, 2.45) is 5.41 Å². The van der Waals surface area contributed by atoms with Gasteiger partial charge >= 0.3 is 6.09 Å². The number of carboxylic acid groups (broad SMARTS) is 1. The van der Waals surface area contributed by atoms with Crippen LogP contribution in [0.4, 0.5) is 10.5 Å². The zero-order chi connectivity index (χ0) is 18.6. The highest BCUT2D eigenvalue weighted by Gasteiger charge is 2.53. The Morgan fingerprint density at radius 1 is 1.04 bits per heavy atom. The van der Waals surface area contributed by atoms with E-state index in [1.165, 1.54) is 0 Å². The van der Waals surface area contributed by atoms with E-state index in [9.17, 15) is 20.0 Å². The SMILES string of the molecule is O=C(O)NC1(C2(Cc3ccccc3[N+](=O)[O-])CCCCC2)CCCCC1. The molecule has 0 heterocycles. The van der Waals surface area contributed by atoms with Crippen LogP contribution in [0.15, 0.2) is 24.3 Å². The summed E-state index contributed by atoms with van der Waals surface area (Å²) in [6.45, 7) is 0. The van der Waals surface area contributed by atoms with Gasteiger partial charge in [0.2, 0.25) is 0 Å². The minimum atomic E-state index is -0.973. The summed E-state index contributed by atoms with van der Waals surface area (Å²) in [6, 6.07) is 6.94. The van der Waals surface area contributed by atoms with E-state index >= 15 is 0 Å². The maximum absolute atomic E-state index is 11.7. The molecule has 26 heavy (non-hydrogen) atoms. The van der Waals surface area contributed by atoms with Gasteiger partial charge in [0.25, 0.3) is 5.69 Å². The Morgan fingerprint density at radius 3 is 2.19 bits per heavy atom. The first-order chi connectivity index (χ1) is 12.5. The van der Waals surface area contributed by atoms with Gasteiger partial charge in [0.1, 0.15) is 0 Å². The van der Waals surface area contributed by atoms with Crippen molar-refractivity contribution in [3.05, 3.63) is 39.9 Å². The van der Waals surface area contributed by atoms with Gasteiger partial charge in [-0.3, -0.25) is 10.1 Å². The van der Waals surface area contributed by atoms with Crippen LogP contribution in [0.25, 0.3) is 0 Å². The van der Waals surface area contributed by atoms with Crippen LogP contribution in [0, 0.1) is 15.5 Å². The summed E-state index contributed by atoms with van der Waals surface area (Å²) in [5.74, 6) is 0. The number of hydrogen-bond donors (Lipinski definition) is 2. The number of carbonyl (C=O) groups is 1. The van der Waals surface area contributed by atoms with Gasteiger partial charge in [-0.25, -0.2) is 4.79 Å². The Labute approximate surface area is 154 Å². The van der Waals surface area contributed by atoms with E-state index in [-0.39, 0.29) is 16.0 Å². The Bertz CT molecular complexity index is 662. The summed E-state index contributed by atoms with van der Waals surface area (Å²) in [5.41, 5.74) is 0.174. The van der Waals surface area contributed by atoms with Gasteiger partial charge < -0.3 is 10.4 Å². The molecular weight excluding hydrogens is 332 g/mol. The third-order valence-electron chi connectivity index (χ3n) is 6.60. The number of nitrogens with one attached hydrogen (secondary N) is 1. The van der Waals surface area contributed by atoms with Crippen molar-refractivity contribution >= 4 is 11.8 Å². The standard InChI is InChI=1S/C20H28N2O4/c23-18(24)21-20(13-7-2-8-14-20)19(11-5-1-6-12-19)15-16-9-3-4-10-17(16)22(25)26/h3-4,9-10,21H,1-2,5-8,11-15H2,(H,23,24). The second kappa shape index (κ2) is 7.64. The zero-order valence-electron chi connectivity index (χ0n) is 15.2. The fourth-order valence-electron chi connectivity index (χ4n) is 5.40. The molecule has 1 aromatic rings. The molecule has 0 saturated heterocycles. The number of amides is 1. The molecule has 2 aliphatic rings. The number of nitrogens with zero attached hydrogens (tertiary/aromatic N) is 1. The molecule has 2 fully saturated rings. The number of hydrogen-bond acceptors (Lipinski definition) is 3. The van der Waals surface area contributed by atoms with Crippen LogP contribution in [0.2, 0.25) is 0 Å². The van der Waals surface area contributed by atoms with Crippen LogP contribution in [-0.2, 0) is 6.42 Å². The Morgan fingerprint density at radius 2 is 1.62 bits per heavy atom. The lowest BCUT2D eigenvalue weighted by molar-refractivity contribution is -0.385. The summed E-state index contributed by atoms with van der Waals surface area (Å²) in [7, 11) is 0. The highest BCUT2D eigenvalue weighted by molar-refractivity contribution is 5.66. The molecule has 1 aromatic carbocycles. The molecule has 6 nitrogen and oxygen atoms in total. The van der Waals surface area contributed by atoms with Gasteiger partial charge in [0.05, 0.1) is 4.92 Å². The lowest BCUT2D eigenvalue weighted by atomic mass is 9.54. The van der Waals surface area contributed by atoms with Crippen molar-refractivity contribution in [1.29, 1.82) is 0 Å². The Balaban J connectivity index is 2.03. The molecule has 0 spiro atoms. The van der Waals surface area contributed by atoms with Crippen molar-refractivity contribution < 1.29 is 14.8 Å². The van der Waals surface area contributed by atoms with Crippen molar-refractivity contribution in [3.63, 3.8) is 0 Å². The van der Waals surface area contributed by atoms with Crippen molar-refractivity contribution in [1.82, 2.24) is 5.32 Å². The Hall–Kier alpha value is -2.11. The van der Waals surface area contributed by atoms with Crippen LogP contribution < -0.4 is 5.32 Å². The fourth-order valence-corrected chi connectivity index (χ4v) is 5.40. The molecule has 6 heteroatoms. The van der Waals surface area contributed by atoms with Crippen molar-refractivity contribution in [2.75, 3.05) is 0 Å². The third kappa shape index (κ3) is 3.55. The fraction of sp³-hybridized carbons (Fsp3) is 0.650. The first kappa shape index (κ1) is 18.7. The van der Waals surface area contributed by atoms with E-state index in [2.05, 4.69) is 5.32 Å². The molecule has 0 bridgehead atoms. The molecule has 2 aliphatic carbocycles. The number of benzene rings is 1. The molecular formula is C20H28N2O4. The maximum atomic E-state index is 11.7. The number of nitro groups is 1. The predicted octanol–water partition coefficient (Wildman–Crippen LogP) is 5.06. The monoisotopic (exact) mass is 360 g/mol. The second-order valence-corrected chi connectivity index (χ2v) is 7.98. The summed E-state index contributed by atoms with van der Waals surface area (Å²) < 4.78 is 0. The van der Waals surface area contributed by atoms with Gasteiger partial charge in [-0.2, -0.15) is 0 Å². The van der Waals surface area contributed by atoms with Crippen molar-refractivity contribution in [2.45, 2.75) is 76.2 Å². The molecule has 0 radical (unpaired) electrons. The molecule has 0 unspecified atom stereocenters. The molecule has 0 aliphatic heterocycles. The van der Waals surface area contributed by atoms with E-state index < -0.39 is 11.6 Å². The largest absolute Gasteiger partial charge is 0.465 e. The topological polar surface area (TPSA) is 92.5 Å². The maximum Gasteiger partial charge on any atom is 0.405 e. The molecule has 0 aromatic heterocycles. The Kier molecular flexibility index (Phi) is 5.49. The second-order valence-electron chi connectivity index (χ2n) is 7.98. The number of para-hydroxylation sites is 1. The lowest BCUT2D eigenvalue weighted by Crippen LogP contribution is -2.62. The van der Waals surface area contributed by atoms with E-state index in [0.717, 1.165) is 69.8 Å². The van der Waals surface area contributed by atoms with Crippen LogP contribution in [0.3, 0.4) is 0 Å². The van der Waals surface area contributed by atoms with Crippen LogP contribution >= 0.6 is 0 Å². The van der Waals surface area contributed by atoms with Gasteiger partial charge in [-0.1, -0.05) is 56.7 Å². The predicted molar refractivity (Wildman–Crippen MR) is 99.3 cm³/mol. The van der Waals surface area contributed by atoms with Gasteiger partial charge in [0.15, 0.2) is 0 Å². The summed E-state index contributed by atoms with van der Waals surface area (Å²) in [4.78, 5) is 22.8. The first-order valence-electron chi connectivity index (χ1n) is 9.72. The highest BCUT2D eigenvalue weighted by Crippen LogP contribution is 2.53. The average Bonchev–Trinajstić information content (AvgIpc) is 2.63. The minimum absolute atomic E-state index is 0.152. The molecule has 2 N–H and O–H groups in total. The summed E-state index contributed by atoms with van der Waals surface area (Å²) >= 11 is 0. The molecule has 142 valence electrons. The third-order valence-corrected chi connectivity index (χ3v) is 6.60. The molecule has 3 rings (SSSR count). The quantitative estimate of drug-likeness (QED) is 0.567. The van der Waals surface area contributed by atoms with E-state index in [4.69, 9.17) is 0 Å². The molecule has 2 saturated carbocycles. The summed E-state index contributed by atoms with van der Waals surface area (Å²) in [5, 5.41) is 24.0. The number of nitro benzene ring substituents is 1. The highest BCUT2D eigenvalue weighted by atomic mass is 16.6. The van der Waals surface area contributed by atoms with Gasteiger partial charge in [-0.05, 0) is 37.5 Å². The number of rotatable bonds is 5. The normalized spacial score (nSPS) is 21.7. The van der Waals surface area contributed by atoms with Crippen molar-refractivity contribution in [3.8, 4) is 0 Å². The summed E-state index contributed by atoms with van der Waals surface area (Å²) in [6.07, 6.45) is 9.56. The van der Waals surface area contributed by atoms with Crippen LogP contribution in [0.5, 0.6) is 0 Å². The minimum Gasteiger partial charge on any atom is -0.465 e.